The lowest BCUT2D eigenvalue weighted by Crippen LogP contribution is -2.09. The maximum absolute atomic E-state index is 5.62. The summed E-state index contributed by atoms with van der Waals surface area (Å²) >= 11 is 0. The Bertz CT molecular complexity index is 814. The molecule has 0 spiro atoms. The Morgan fingerprint density at radius 2 is 1.46 bits per heavy atom. The molecule has 0 fully saturated rings. The van der Waals surface area contributed by atoms with E-state index in [9.17, 15) is 0 Å². The molecule has 4 heteroatoms. The summed E-state index contributed by atoms with van der Waals surface area (Å²) in [5.41, 5.74) is 4.04. The minimum Gasteiger partial charge on any atom is -0.454 e. The van der Waals surface area contributed by atoms with Gasteiger partial charge < -0.3 is 18.9 Å². The zero-order valence-electron chi connectivity index (χ0n) is 13.9. The van der Waals surface area contributed by atoms with Crippen LogP contribution in [-0.2, 0) is 0 Å². The van der Waals surface area contributed by atoms with Gasteiger partial charge >= 0.3 is 0 Å². The third-order valence-electron chi connectivity index (χ3n) is 5.67. The lowest BCUT2D eigenvalue weighted by Gasteiger charge is -2.21. The van der Waals surface area contributed by atoms with Gasteiger partial charge in [-0.15, -0.1) is 0 Å². The van der Waals surface area contributed by atoms with Gasteiger partial charge in [-0.2, -0.15) is 0 Å². The quantitative estimate of drug-likeness (QED) is 0.819. The third-order valence-corrected chi connectivity index (χ3v) is 5.67. The average molecular weight is 324 g/mol. The van der Waals surface area contributed by atoms with E-state index in [4.69, 9.17) is 18.9 Å². The van der Waals surface area contributed by atoms with Crippen molar-refractivity contribution >= 4 is 0 Å². The van der Waals surface area contributed by atoms with Gasteiger partial charge in [0.2, 0.25) is 13.6 Å². The van der Waals surface area contributed by atoms with Crippen molar-refractivity contribution in [2.24, 2.45) is 5.92 Å². The predicted octanol–water partition coefficient (Wildman–Crippen LogP) is 4.42. The number of ether oxygens (including phenoxy) is 4. The van der Waals surface area contributed by atoms with E-state index in [0.29, 0.717) is 31.3 Å². The van der Waals surface area contributed by atoms with Crippen molar-refractivity contribution in [1.29, 1.82) is 0 Å². The molecule has 0 saturated heterocycles. The molecule has 24 heavy (non-hydrogen) atoms. The molecule has 124 valence electrons. The van der Waals surface area contributed by atoms with Crippen LogP contribution < -0.4 is 18.9 Å². The van der Waals surface area contributed by atoms with E-state index >= 15 is 0 Å². The van der Waals surface area contributed by atoms with Crippen LogP contribution in [0.2, 0.25) is 0 Å². The molecule has 4 nitrogen and oxygen atoms in total. The van der Waals surface area contributed by atoms with Crippen LogP contribution in [0.5, 0.6) is 23.0 Å². The molecule has 3 atom stereocenters. The molecule has 5 rings (SSSR count). The number of rotatable bonds is 2. The van der Waals surface area contributed by atoms with E-state index in [1.54, 1.807) is 0 Å². The van der Waals surface area contributed by atoms with E-state index in [0.717, 1.165) is 29.4 Å². The van der Waals surface area contributed by atoms with E-state index in [-0.39, 0.29) is 0 Å². The van der Waals surface area contributed by atoms with Gasteiger partial charge in [0.15, 0.2) is 23.0 Å². The third kappa shape index (κ3) is 1.86. The van der Waals surface area contributed by atoms with Crippen LogP contribution in [0.4, 0.5) is 0 Å². The van der Waals surface area contributed by atoms with Crippen LogP contribution >= 0.6 is 0 Å². The van der Waals surface area contributed by atoms with E-state index in [2.05, 4.69) is 38.1 Å². The first kappa shape index (κ1) is 14.0. The molecule has 0 N–H and O–H groups in total. The summed E-state index contributed by atoms with van der Waals surface area (Å²) in [4.78, 5) is 0. The second-order valence-electron chi connectivity index (χ2n) is 6.80. The van der Waals surface area contributed by atoms with Crippen LogP contribution in [-0.4, -0.2) is 13.6 Å². The Labute approximate surface area is 141 Å². The average Bonchev–Trinajstić information content (AvgIpc) is 3.28. The molecule has 0 aromatic heterocycles. The van der Waals surface area contributed by atoms with Gasteiger partial charge in [0.25, 0.3) is 0 Å². The maximum atomic E-state index is 5.62. The van der Waals surface area contributed by atoms with E-state index in [1.165, 1.54) is 16.7 Å². The molecule has 3 aliphatic rings. The highest BCUT2D eigenvalue weighted by Gasteiger charge is 2.40. The van der Waals surface area contributed by atoms with Gasteiger partial charge in [-0.05, 0) is 59.2 Å². The first-order valence-corrected chi connectivity index (χ1v) is 8.59. The summed E-state index contributed by atoms with van der Waals surface area (Å²) in [6.45, 7) is 5.24. The van der Waals surface area contributed by atoms with Crippen molar-refractivity contribution in [3.05, 3.63) is 47.0 Å². The Morgan fingerprint density at radius 1 is 0.833 bits per heavy atom. The van der Waals surface area contributed by atoms with Crippen LogP contribution in [0, 0.1) is 5.92 Å². The highest BCUT2D eigenvalue weighted by atomic mass is 16.7. The number of benzene rings is 2. The maximum Gasteiger partial charge on any atom is 0.231 e. The van der Waals surface area contributed by atoms with Crippen molar-refractivity contribution < 1.29 is 18.9 Å². The summed E-state index contributed by atoms with van der Waals surface area (Å²) in [7, 11) is 0. The zero-order chi connectivity index (χ0) is 16.3. The highest BCUT2D eigenvalue weighted by molar-refractivity contribution is 5.57. The SMILES string of the molecule is CC[C@H]1c2cc3c(cc2[C@H](c2ccc4c(c2)OCO4)[C@H]1C)OCO3. The van der Waals surface area contributed by atoms with Crippen molar-refractivity contribution in [3.63, 3.8) is 0 Å². The van der Waals surface area contributed by atoms with Crippen molar-refractivity contribution in [2.75, 3.05) is 13.6 Å². The van der Waals surface area contributed by atoms with Crippen molar-refractivity contribution in [1.82, 2.24) is 0 Å². The number of hydrogen-bond donors (Lipinski definition) is 0. The van der Waals surface area contributed by atoms with Crippen LogP contribution in [0.3, 0.4) is 0 Å². The minimum absolute atomic E-state index is 0.311. The van der Waals surface area contributed by atoms with Crippen LogP contribution in [0.25, 0.3) is 0 Å². The van der Waals surface area contributed by atoms with E-state index in [1.807, 2.05) is 6.07 Å². The Balaban J connectivity index is 1.65. The first-order valence-electron chi connectivity index (χ1n) is 8.59. The minimum atomic E-state index is 0.311. The molecular formula is C20H20O4. The monoisotopic (exact) mass is 324 g/mol. The second kappa shape index (κ2) is 5.07. The van der Waals surface area contributed by atoms with Gasteiger partial charge in [0, 0.05) is 5.92 Å². The molecule has 0 radical (unpaired) electrons. The van der Waals surface area contributed by atoms with Crippen molar-refractivity contribution in [2.45, 2.75) is 32.1 Å². The lowest BCUT2D eigenvalue weighted by atomic mass is 9.83. The normalized spacial score (nSPS) is 25.8. The van der Waals surface area contributed by atoms with Gasteiger partial charge in [-0.3, -0.25) is 0 Å². The fraction of sp³-hybridized carbons (Fsp3) is 0.400. The zero-order valence-corrected chi connectivity index (χ0v) is 13.9. The summed E-state index contributed by atoms with van der Waals surface area (Å²) in [6.07, 6.45) is 1.12. The van der Waals surface area contributed by atoms with Gasteiger partial charge in [-0.25, -0.2) is 0 Å². The summed E-state index contributed by atoms with van der Waals surface area (Å²) < 4.78 is 22.3. The molecule has 2 aromatic rings. The summed E-state index contributed by atoms with van der Waals surface area (Å²) in [5, 5.41) is 0. The molecule has 2 aliphatic heterocycles. The summed E-state index contributed by atoms with van der Waals surface area (Å²) in [5.74, 6) is 4.82. The topological polar surface area (TPSA) is 36.9 Å². The molecule has 1 aliphatic carbocycles. The molecule has 0 saturated carbocycles. The Morgan fingerprint density at radius 3 is 2.17 bits per heavy atom. The number of hydrogen-bond acceptors (Lipinski definition) is 4. The van der Waals surface area contributed by atoms with Gasteiger partial charge in [0.05, 0.1) is 0 Å². The molecule has 2 heterocycles. The molecule has 0 amide bonds. The van der Waals surface area contributed by atoms with Crippen LogP contribution in [0.15, 0.2) is 30.3 Å². The smallest absolute Gasteiger partial charge is 0.231 e. The fourth-order valence-electron chi connectivity index (χ4n) is 4.54. The predicted molar refractivity (Wildman–Crippen MR) is 89.2 cm³/mol. The Kier molecular flexibility index (Phi) is 2.96. The Hall–Kier alpha value is -2.36. The van der Waals surface area contributed by atoms with Crippen LogP contribution in [0.1, 0.15) is 48.8 Å². The molecule has 0 unspecified atom stereocenters. The second-order valence-corrected chi connectivity index (χ2v) is 6.80. The number of fused-ring (bicyclic) bond motifs is 3. The van der Waals surface area contributed by atoms with E-state index < -0.39 is 0 Å². The molecular weight excluding hydrogens is 304 g/mol. The van der Waals surface area contributed by atoms with Gasteiger partial charge in [0.1, 0.15) is 0 Å². The van der Waals surface area contributed by atoms with Crippen molar-refractivity contribution in [3.8, 4) is 23.0 Å². The fourth-order valence-corrected chi connectivity index (χ4v) is 4.54. The summed E-state index contributed by atoms with van der Waals surface area (Å²) in [6, 6.07) is 10.7. The molecule has 0 bridgehead atoms. The standard InChI is InChI=1S/C20H20O4/c1-3-13-11(2)20(12-4-5-16-17(6-12)22-9-21-16)15-8-19-18(7-14(13)15)23-10-24-19/h4-8,11,13,20H,3,9-10H2,1-2H3/t11-,13+,20-/m0/s1. The largest absolute Gasteiger partial charge is 0.454 e. The lowest BCUT2D eigenvalue weighted by molar-refractivity contribution is 0.173. The molecule has 2 aromatic carbocycles. The first-order chi connectivity index (χ1) is 11.8. The van der Waals surface area contributed by atoms with Gasteiger partial charge in [-0.1, -0.05) is 19.9 Å². The highest BCUT2D eigenvalue weighted by Crippen LogP contribution is 2.54.